The number of nitrogens with zero attached hydrogens (tertiary/aromatic N) is 2. The number of carbonyl (C=O) groups is 3. The first-order chi connectivity index (χ1) is 13.0. The summed E-state index contributed by atoms with van der Waals surface area (Å²) in [6.07, 6.45) is 3.49. The van der Waals surface area contributed by atoms with E-state index >= 15 is 0 Å². The van der Waals surface area contributed by atoms with Crippen LogP contribution in [0.25, 0.3) is 6.08 Å². The number of urea groups is 1. The minimum absolute atomic E-state index is 0.162. The molecule has 0 saturated carbocycles. The molecule has 1 aromatic carbocycles. The van der Waals surface area contributed by atoms with Crippen molar-refractivity contribution in [1.82, 2.24) is 5.32 Å². The lowest BCUT2D eigenvalue weighted by atomic mass is 10.1. The van der Waals surface area contributed by atoms with Crippen molar-refractivity contribution in [2.24, 2.45) is 0 Å². The highest BCUT2D eigenvalue weighted by Crippen LogP contribution is 2.26. The number of halogens is 1. The Morgan fingerprint density at radius 3 is 2.41 bits per heavy atom. The van der Waals surface area contributed by atoms with Gasteiger partial charge in [0.1, 0.15) is 17.2 Å². The van der Waals surface area contributed by atoms with E-state index in [4.69, 9.17) is 4.42 Å². The quantitative estimate of drug-likeness (QED) is 0.664. The normalized spacial score (nSPS) is 19.1. The molecule has 2 fully saturated rings. The van der Waals surface area contributed by atoms with Gasteiger partial charge >= 0.3 is 6.03 Å². The van der Waals surface area contributed by atoms with Crippen LogP contribution in [0.15, 0.2) is 46.4 Å². The molecule has 4 amide bonds. The lowest BCUT2D eigenvalue weighted by molar-refractivity contribution is -0.122. The maximum Gasteiger partial charge on any atom is 0.335 e. The molecule has 1 aromatic heterocycles. The molecule has 4 rings (SSSR count). The second-order valence-corrected chi connectivity index (χ2v) is 6.30. The van der Waals surface area contributed by atoms with Crippen molar-refractivity contribution in [3.05, 3.63) is 53.5 Å². The molecule has 3 heterocycles. The van der Waals surface area contributed by atoms with Gasteiger partial charge in [-0.25, -0.2) is 14.1 Å². The summed E-state index contributed by atoms with van der Waals surface area (Å²) in [6.45, 7) is 1.80. The van der Waals surface area contributed by atoms with Crippen LogP contribution in [0.2, 0.25) is 0 Å². The summed E-state index contributed by atoms with van der Waals surface area (Å²) in [7, 11) is 0. The minimum Gasteiger partial charge on any atom is -0.441 e. The molecule has 0 unspecified atom stereocenters. The molecule has 7 nitrogen and oxygen atoms in total. The molecular weight excluding hydrogens is 353 g/mol. The number of benzene rings is 1. The predicted octanol–water partition coefficient (Wildman–Crippen LogP) is 2.69. The van der Waals surface area contributed by atoms with Crippen LogP contribution in [0.5, 0.6) is 0 Å². The first-order valence-electron chi connectivity index (χ1n) is 8.55. The number of amides is 4. The summed E-state index contributed by atoms with van der Waals surface area (Å²) in [4.78, 5) is 39.9. The fourth-order valence-corrected chi connectivity index (χ4v) is 3.15. The lowest BCUT2D eigenvalue weighted by Gasteiger charge is -2.26. The number of barbiturate groups is 1. The molecule has 0 spiro atoms. The average Bonchev–Trinajstić information content (AvgIpc) is 3.31. The third-order valence-electron chi connectivity index (χ3n) is 4.50. The molecule has 2 aliphatic heterocycles. The molecule has 1 N–H and O–H groups in total. The first kappa shape index (κ1) is 17.0. The van der Waals surface area contributed by atoms with E-state index < -0.39 is 23.7 Å². The van der Waals surface area contributed by atoms with Gasteiger partial charge in [0.25, 0.3) is 11.8 Å². The van der Waals surface area contributed by atoms with E-state index in [1.165, 1.54) is 18.2 Å². The van der Waals surface area contributed by atoms with E-state index in [1.807, 2.05) is 0 Å². The van der Waals surface area contributed by atoms with Crippen LogP contribution in [-0.2, 0) is 9.59 Å². The van der Waals surface area contributed by atoms with Crippen molar-refractivity contribution in [3.8, 4) is 0 Å². The van der Waals surface area contributed by atoms with Gasteiger partial charge in [0.15, 0.2) is 5.88 Å². The summed E-state index contributed by atoms with van der Waals surface area (Å²) < 4.78 is 18.8. The zero-order valence-electron chi connectivity index (χ0n) is 14.3. The average molecular weight is 369 g/mol. The fraction of sp³-hybridized carbons (Fsp3) is 0.211. The third-order valence-corrected chi connectivity index (χ3v) is 4.50. The van der Waals surface area contributed by atoms with Crippen molar-refractivity contribution < 1.29 is 23.2 Å². The number of nitrogens with one attached hydrogen (secondary N) is 1. The molecule has 0 atom stereocenters. The topological polar surface area (TPSA) is 82.9 Å². The van der Waals surface area contributed by atoms with Crippen molar-refractivity contribution in [1.29, 1.82) is 0 Å². The van der Waals surface area contributed by atoms with E-state index in [-0.39, 0.29) is 11.3 Å². The number of carbonyl (C=O) groups excluding carboxylic acids is 3. The van der Waals surface area contributed by atoms with E-state index in [2.05, 4.69) is 10.2 Å². The van der Waals surface area contributed by atoms with E-state index in [1.54, 1.807) is 12.1 Å². The van der Waals surface area contributed by atoms with Crippen LogP contribution < -0.4 is 15.1 Å². The maximum atomic E-state index is 13.1. The number of anilines is 2. The molecule has 2 aromatic rings. The second kappa shape index (κ2) is 6.71. The standard InChI is InChI=1S/C19H16FN3O4/c20-12-3-5-13(6-4-12)23-18(25)15(17(24)21-19(23)26)11-14-7-8-16(27-14)22-9-1-2-10-22/h3-8,11H,1-2,9-10H2,(H,21,24,26). The van der Waals surface area contributed by atoms with Gasteiger partial charge in [0.05, 0.1) is 5.69 Å². The summed E-state index contributed by atoms with van der Waals surface area (Å²) in [5.74, 6) is -1.09. The smallest absolute Gasteiger partial charge is 0.335 e. The van der Waals surface area contributed by atoms with Gasteiger partial charge < -0.3 is 9.32 Å². The van der Waals surface area contributed by atoms with Crippen molar-refractivity contribution in [2.75, 3.05) is 22.9 Å². The summed E-state index contributed by atoms with van der Waals surface area (Å²) >= 11 is 0. The Balaban J connectivity index is 1.64. The van der Waals surface area contributed by atoms with Gasteiger partial charge in [-0.05, 0) is 49.2 Å². The van der Waals surface area contributed by atoms with E-state index in [0.717, 1.165) is 43.0 Å². The number of rotatable bonds is 3. The number of furan rings is 1. The Bertz CT molecular complexity index is 942. The molecule has 0 radical (unpaired) electrons. The summed E-state index contributed by atoms with van der Waals surface area (Å²) in [5.41, 5.74) is -0.0734. The van der Waals surface area contributed by atoms with Crippen LogP contribution in [0.3, 0.4) is 0 Å². The van der Waals surface area contributed by atoms with Gasteiger partial charge in [-0.15, -0.1) is 0 Å². The van der Waals surface area contributed by atoms with E-state index in [0.29, 0.717) is 11.6 Å². The second-order valence-electron chi connectivity index (χ2n) is 6.30. The molecule has 2 saturated heterocycles. The van der Waals surface area contributed by atoms with E-state index in [9.17, 15) is 18.8 Å². The number of imide groups is 2. The predicted molar refractivity (Wildman–Crippen MR) is 95.6 cm³/mol. The fourth-order valence-electron chi connectivity index (χ4n) is 3.15. The van der Waals surface area contributed by atoms with Crippen LogP contribution in [0.1, 0.15) is 18.6 Å². The molecule has 0 bridgehead atoms. The largest absolute Gasteiger partial charge is 0.441 e. The molecule has 27 heavy (non-hydrogen) atoms. The Kier molecular flexibility index (Phi) is 4.23. The monoisotopic (exact) mass is 369 g/mol. The van der Waals surface area contributed by atoms with Gasteiger partial charge in [0, 0.05) is 19.2 Å². The van der Waals surface area contributed by atoms with Crippen LogP contribution in [0, 0.1) is 5.82 Å². The van der Waals surface area contributed by atoms with Crippen LogP contribution >= 0.6 is 0 Å². The highest BCUT2D eigenvalue weighted by molar-refractivity contribution is 6.39. The first-order valence-corrected chi connectivity index (χ1v) is 8.55. The molecular formula is C19H16FN3O4. The molecule has 0 aliphatic carbocycles. The third kappa shape index (κ3) is 3.21. The Hall–Kier alpha value is -3.42. The molecule has 138 valence electrons. The highest BCUT2D eigenvalue weighted by Gasteiger charge is 2.37. The lowest BCUT2D eigenvalue weighted by Crippen LogP contribution is -2.54. The SMILES string of the molecule is O=C1NC(=O)N(c2ccc(F)cc2)C(=O)C1=Cc1ccc(N2CCCC2)o1. The number of hydrogen-bond acceptors (Lipinski definition) is 5. The van der Waals surface area contributed by atoms with Crippen LogP contribution in [-0.4, -0.2) is 30.9 Å². The summed E-state index contributed by atoms with van der Waals surface area (Å²) in [5, 5.41) is 2.12. The Morgan fingerprint density at radius 1 is 1.00 bits per heavy atom. The summed E-state index contributed by atoms with van der Waals surface area (Å²) in [6, 6.07) is 7.41. The van der Waals surface area contributed by atoms with Gasteiger partial charge in [0.2, 0.25) is 0 Å². The minimum atomic E-state index is -0.883. The number of hydrogen-bond donors (Lipinski definition) is 1. The Labute approximate surface area is 154 Å². The van der Waals surface area contributed by atoms with Crippen molar-refractivity contribution >= 4 is 35.5 Å². The van der Waals surface area contributed by atoms with Gasteiger partial charge in [-0.1, -0.05) is 0 Å². The maximum absolute atomic E-state index is 13.1. The van der Waals surface area contributed by atoms with Gasteiger partial charge in [-0.2, -0.15) is 0 Å². The molecule has 8 heteroatoms. The zero-order chi connectivity index (χ0) is 19.0. The molecule has 2 aliphatic rings. The van der Waals surface area contributed by atoms with Crippen LogP contribution in [0.4, 0.5) is 20.8 Å². The van der Waals surface area contributed by atoms with Crippen molar-refractivity contribution in [2.45, 2.75) is 12.8 Å². The Morgan fingerprint density at radius 2 is 1.70 bits per heavy atom. The highest BCUT2D eigenvalue weighted by atomic mass is 19.1. The van der Waals surface area contributed by atoms with Gasteiger partial charge in [-0.3, -0.25) is 14.9 Å². The zero-order valence-corrected chi connectivity index (χ0v) is 14.3. The van der Waals surface area contributed by atoms with Crippen molar-refractivity contribution in [3.63, 3.8) is 0 Å².